The van der Waals surface area contributed by atoms with Crippen LogP contribution in [0.3, 0.4) is 0 Å². The second-order valence-corrected chi connectivity index (χ2v) is 5.36. The van der Waals surface area contributed by atoms with Crippen molar-refractivity contribution in [1.29, 1.82) is 5.26 Å². The summed E-state index contributed by atoms with van der Waals surface area (Å²) in [4.78, 5) is 4.52. The molecule has 0 aliphatic carbocycles. The van der Waals surface area contributed by atoms with Crippen LogP contribution in [0.4, 0.5) is 10.8 Å². The van der Waals surface area contributed by atoms with Gasteiger partial charge in [0.1, 0.15) is 0 Å². The van der Waals surface area contributed by atoms with Gasteiger partial charge < -0.3 is 5.32 Å². The molecule has 0 amide bonds. The molecule has 92 valence electrons. The number of thiazole rings is 1. The Morgan fingerprint density at radius 1 is 1.39 bits per heavy atom. The van der Waals surface area contributed by atoms with Crippen molar-refractivity contribution in [3.63, 3.8) is 0 Å². The molecule has 0 radical (unpaired) electrons. The fourth-order valence-corrected chi connectivity index (χ4v) is 2.49. The minimum absolute atomic E-state index is 0.444. The summed E-state index contributed by atoms with van der Waals surface area (Å²) in [5.41, 5.74) is 3.76. The Kier molecular flexibility index (Phi) is 3.63. The highest BCUT2D eigenvalue weighted by atomic mass is 32.1. The lowest BCUT2D eigenvalue weighted by Gasteiger charge is -2.05. The fraction of sp³-hybridized carbons (Fsp3) is 0.286. The fourth-order valence-electron chi connectivity index (χ4n) is 1.60. The van der Waals surface area contributed by atoms with Gasteiger partial charge in [0.25, 0.3) is 0 Å². The average molecular weight is 257 g/mol. The van der Waals surface area contributed by atoms with Gasteiger partial charge in [0.2, 0.25) is 0 Å². The Morgan fingerprint density at radius 3 is 2.72 bits per heavy atom. The molecule has 1 aromatic carbocycles. The first kappa shape index (κ1) is 12.6. The third kappa shape index (κ3) is 2.69. The Balaban J connectivity index is 2.18. The van der Waals surface area contributed by atoms with E-state index in [-0.39, 0.29) is 0 Å². The standard InChI is InChI=1S/C14H15N3S/c1-9(2)13-8-18-14(17-13)16-12-5-4-11(7-15)10(3)6-12/h4-6,8-9H,1-3H3,(H,16,17). The quantitative estimate of drug-likeness (QED) is 0.896. The van der Waals surface area contributed by atoms with Crippen molar-refractivity contribution in [1.82, 2.24) is 4.98 Å². The van der Waals surface area contributed by atoms with Crippen molar-refractivity contribution >= 4 is 22.2 Å². The molecule has 0 aliphatic heterocycles. The van der Waals surface area contributed by atoms with Crippen LogP contribution in [0.2, 0.25) is 0 Å². The predicted octanol–water partition coefficient (Wildman–Crippen LogP) is 4.19. The van der Waals surface area contributed by atoms with Gasteiger partial charge in [0.15, 0.2) is 5.13 Å². The van der Waals surface area contributed by atoms with E-state index in [4.69, 9.17) is 5.26 Å². The van der Waals surface area contributed by atoms with E-state index in [0.29, 0.717) is 11.5 Å². The molecular weight excluding hydrogens is 242 g/mol. The van der Waals surface area contributed by atoms with Crippen molar-refractivity contribution in [2.45, 2.75) is 26.7 Å². The van der Waals surface area contributed by atoms with E-state index in [1.54, 1.807) is 11.3 Å². The van der Waals surface area contributed by atoms with E-state index in [2.05, 4.69) is 35.6 Å². The van der Waals surface area contributed by atoms with Gasteiger partial charge >= 0.3 is 0 Å². The van der Waals surface area contributed by atoms with Gasteiger partial charge in [-0.05, 0) is 36.6 Å². The highest BCUT2D eigenvalue weighted by Gasteiger charge is 2.06. The predicted molar refractivity (Wildman–Crippen MR) is 75.4 cm³/mol. The molecule has 0 atom stereocenters. The molecule has 0 fully saturated rings. The molecule has 4 heteroatoms. The van der Waals surface area contributed by atoms with Gasteiger partial charge in [0.05, 0.1) is 17.3 Å². The number of anilines is 2. The Hall–Kier alpha value is -1.86. The van der Waals surface area contributed by atoms with Crippen molar-refractivity contribution in [3.8, 4) is 6.07 Å². The summed E-state index contributed by atoms with van der Waals surface area (Å²) >= 11 is 1.60. The average Bonchev–Trinajstić information content (AvgIpc) is 2.78. The number of rotatable bonds is 3. The number of nitriles is 1. The number of aromatic nitrogens is 1. The van der Waals surface area contributed by atoms with Gasteiger partial charge in [-0.15, -0.1) is 11.3 Å². The van der Waals surface area contributed by atoms with Gasteiger partial charge in [-0.25, -0.2) is 4.98 Å². The molecule has 3 nitrogen and oxygen atoms in total. The minimum atomic E-state index is 0.444. The first-order valence-electron chi connectivity index (χ1n) is 5.83. The van der Waals surface area contributed by atoms with Crippen LogP contribution in [0.5, 0.6) is 0 Å². The molecular formula is C14H15N3S. The van der Waals surface area contributed by atoms with Crippen LogP contribution in [0, 0.1) is 18.3 Å². The summed E-state index contributed by atoms with van der Waals surface area (Å²) in [5.74, 6) is 0.444. The maximum Gasteiger partial charge on any atom is 0.187 e. The van der Waals surface area contributed by atoms with Crippen LogP contribution in [0.1, 0.15) is 36.6 Å². The van der Waals surface area contributed by atoms with Crippen molar-refractivity contribution < 1.29 is 0 Å². The lowest BCUT2D eigenvalue weighted by molar-refractivity contribution is 0.834. The van der Waals surface area contributed by atoms with Crippen LogP contribution in [0.15, 0.2) is 23.6 Å². The van der Waals surface area contributed by atoms with Crippen molar-refractivity contribution in [2.24, 2.45) is 0 Å². The monoisotopic (exact) mass is 257 g/mol. The third-order valence-corrected chi connectivity index (χ3v) is 3.49. The molecule has 1 N–H and O–H groups in total. The number of hydrogen-bond donors (Lipinski definition) is 1. The summed E-state index contributed by atoms with van der Waals surface area (Å²) in [5, 5.41) is 15.1. The van der Waals surface area contributed by atoms with Gasteiger partial charge in [-0.2, -0.15) is 5.26 Å². The number of hydrogen-bond acceptors (Lipinski definition) is 4. The zero-order valence-corrected chi connectivity index (χ0v) is 11.5. The lowest BCUT2D eigenvalue weighted by Crippen LogP contribution is -1.93. The zero-order chi connectivity index (χ0) is 13.1. The molecule has 18 heavy (non-hydrogen) atoms. The van der Waals surface area contributed by atoms with E-state index in [1.165, 1.54) is 0 Å². The van der Waals surface area contributed by atoms with Gasteiger partial charge in [-0.3, -0.25) is 0 Å². The molecule has 2 rings (SSSR count). The Labute approximate surface area is 111 Å². The summed E-state index contributed by atoms with van der Waals surface area (Å²) in [6.45, 7) is 6.19. The highest BCUT2D eigenvalue weighted by molar-refractivity contribution is 7.13. The third-order valence-electron chi connectivity index (χ3n) is 2.71. The van der Waals surface area contributed by atoms with Crippen LogP contribution in [-0.4, -0.2) is 4.98 Å². The second-order valence-electron chi connectivity index (χ2n) is 4.50. The van der Waals surface area contributed by atoms with Crippen LogP contribution < -0.4 is 5.32 Å². The van der Waals surface area contributed by atoms with Crippen LogP contribution in [-0.2, 0) is 0 Å². The number of benzene rings is 1. The second kappa shape index (κ2) is 5.19. The van der Waals surface area contributed by atoms with Gasteiger partial charge in [-0.1, -0.05) is 13.8 Å². The summed E-state index contributed by atoms with van der Waals surface area (Å²) in [7, 11) is 0. The van der Waals surface area contributed by atoms with E-state index in [9.17, 15) is 0 Å². The number of nitrogens with zero attached hydrogens (tertiary/aromatic N) is 2. The van der Waals surface area contributed by atoms with E-state index in [0.717, 1.165) is 22.1 Å². The number of aryl methyl sites for hydroxylation is 1. The van der Waals surface area contributed by atoms with E-state index in [1.807, 2.05) is 25.1 Å². The molecule has 0 bridgehead atoms. The summed E-state index contributed by atoms with van der Waals surface area (Å²) < 4.78 is 0. The molecule has 0 saturated carbocycles. The SMILES string of the molecule is Cc1cc(Nc2nc(C(C)C)cs2)ccc1C#N. The molecule has 1 heterocycles. The topological polar surface area (TPSA) is 48.7 Å². The van der Waals surface area contributed by atoms with Crippen LogP contribution >= 0.6 is 11.3 Å². The molecule has 1 aromatic heterocycles. The summed E-state index contributed by atoms with van der Waals surface area (Å²) in [6.07, 6.45) is 0. The maximum atomic E-state index is 8.88. The maximum absolute atomic E-state index is 8.88. The molecule has 2 aromatic rings. The summed E-state index contributed by atoms with van der Waals surface area (Å²) in [6, 6.07) is 7.86. The van der Waals surface area contributed by atoms with Crippen molar-refractivity contribution in [3.05, 3.63) is 40.4 Å². The molecule has 0 aliphatic rings. The molecule has 0 spiro atoms. The minimum Gasteiger partial charge on any atom is -0.332 e. The Bertz CT molecular complexity index is 593. The molecule has 0 saturated heterocycles. The van der Waals surface area contributed by atoms with E-state index < -0.39 is 0 Å². The first-order valence-corrected chi connectivity index (χ1v) is 6.71. The first-order chi connectivity index (χ1) is 8.60. The molecule has 0 unspecified atom stereocenters. The van der Waals surface area contributed by atoms with Gasteiger partial charge in [0, 0.05) is 11.1 Å². The lowest BCUT2D eigenvalue weighted by atomic mass is 10.1. The Morgan fingerprint density at radius 2 is 2.17 bits per heavy atom. The smallest absolute Gasteiger partial charge is 0.187 e. The number of nitrogens with one attached hydrogen (secondary N) is 1. The van der Waals surface area contributed by atoms with Crippen molar-refractivity contribution in [2.75, 3.05) is 5.32 Å². The van der Waals surface area contributed by atoms with Crippen LogP contribution in [0.25, 0.3) is 0 Å². The highest BCUT2D eigenvalue weighted by Crippen LogP contribution is 2.25. The largest absolute Gasteiger partial charge is 0.332 e. The normalized spacial score (nSPS) is 10.4. The zero-order valence-electron chi connectivity index (χ0n) is 10.7. The van der Waals surface area contributed by atoms with E-state index >= 15 is 0 Å².